The van der Waals surface area contributed by atoms with Gasteiger partial charge >= 0.3 is 0 Å². The van der Waals surface area contributed by atoms with Crippen molar-refractivity contribution in [3.05, 3.63) is 77.1 Å². The Kier molecular flexibility index (Phi) is 7.63. The van der Waals surface area contributed by atoms with E-state index >= 15 is 0 Å². The Bertz CT molecular complexity index is 1300. The number of nitrogens with one attached hydrogen (secondary N) is 1. The first kappa shape index (κ1) is 24.6. The van der Waals surface area contributed by atoms with E-state index in [-0.39, 0.29) is 11.9 Å². The van der Waals surface area contributed by atoms with Crippen molar-refractivity contribution in [2.75, 3.05) is 27.2 Å². The Morgan fingerprint density at radius 2 is 1.97 bits per heavy atom. The van der Waals surface area contributed by atoms with Gasteiger partial charge in [-0.05, 0) is 75.0 Å². The number of carbonyl (C=O) groups excluding carboxylic acids is 1. The van der Waals surface area contributed by atoms with Crippen LogP contribution in [0.3, 0.4) is 0 Å². The molecule has 1 N–H and O–H groups in total. The lowest BCUT2D eigenvalue weighted by atomic mass is 9.98. The second kappa shape index (κ2) is 10.8. The van der Waals surface area contributed by atoms with Crippen molar-refractivity contribution >= 4 is 17.2 Å². The van der Waals surface area contributed by atoms with Gasteiger partial charge in [0.25, 0.3) is 5.91 Å². The normalized spacial score (nSPS) is 12.1. The van der Waals surface area contributed by atoms with Gasteiger partial charge in [-0.3, -0.25) is 9.48 Å². The van der Waals surface area contributed by atoms with Gasteiger partial charge in [0.05, 0.1) is 12.2 Å². The molecule has 0 unspecified atom stereocenters. The van der Waals surface area contributed by atoms with Crippen LogP contribution in [0.5, 0.6) is 5.75 Å². The molecule has 0 spiro atoms. The molecule has 0 saturated carbocycles. The lowest BCUT2D eigenvalue weighted by Crippen LogP contribution is -2.27. The number of benzene rings is 2. The van der Waals surface area contributed by atoms with E-state index in [4.69, 9.17) is 4.74 Å². The summed E-state index contributed by atoms with van der Waals surface area (Å²) in [4.78, 5) is 19.8. The molecule has 1 atom stereocenters. The molecular formula is C27H31N5O2S. The lowest BCUT2D eigenvalue weighted by molar-refractivity contribution is 0.0938. The summed E-state index contributed by atoms with van der Waals surface area (Å²) in [6.07, 6.45) is 5.64. The van der Waals surface area contributed by atoms with Gasteiger partial charge in [-0.2, -0.15) is 5.10 Å². The third-order valence-corrected chi connectivity index (χ3v) is 6.60. The van der Waals surface area contributed by atoms with Crippen molar-refractivity contribution in [3.8, 4) is 27.4 Å². The zero-order chi connectivity index (χ0) is 24.9. The maximum atomic E-state index is 13.3. The number of likely N-dealkylation sites (N-methyl/N-ethyl adjacent to an activating group) is 1. The molecule has 0 aliphatic carbocycles. The molecule has 2 heterocycles. The molecule has 0 fully saturated rings. The number of ether oxygens (including phenoxy) is 1. The smallest absolute Gasteiger partial charge is 0.252 e. The SMILES string of the molecule is Cc1ccc(OCCN(C)C)cc1C(=O)N[C@H](C)c1cc(-c2cnn(C)c2)cc(-c2nccs2)c1. The van der Waals surface area contributed by atoms with Gasteiger partial charge in [0, 0.05) is 48.1 Å². The Labute approximate surface area is 210 Å². The number of hydrogen-bond donors (Lipinski definition) is 1. The van der Waals surface area contributed by atoms with Gasteiger partial charge in [0.2, 0.25) is 0 Å². The number of aryl methyl sites for hydroxylation is 2. The topological polar surface area (TPSA) is 72.3 Å². The predicted octanol–water partition coefficient (Wildman–Crippen LogP) is 4.95. The fourth-order valence-corrected chi connectivity index (χ4v) is 4.39. The van der Waals surface area contributed by atoms with Crippen LogP contribution in [0.4, 0.5) is 0 Å². The summed E-state index contributed by atoms with van der Waals surface area (Å²) in [5.74, 6) is 0.565. The first-order chi connectivity index (χ1) is 16.8. The fraction of sp³-hybridized carbons (Fsp3) is 0.296. The van der Waals surface area contributed by atoms with Gasteiger partial charge in [0.1, 0.15) is 17.4 Å². The van der Waals surface area contributed by atoms with E-state index in [1.807, 2.05) is 71.0 Å². The number of carbonyl (C=O) groups is 1. The van der Waals surface area contributed by atoms with E-state index in [0.717, 1.165) is 39.4 Å². The van der Waals surface area contributed by atoms with Gasteiger partial charge in [0.15, 0.2) is 0 Å². The number of hydrogen-bond acceptors (Lipinski definition) is 6. The molecule has 0 aliphatic rings. The molecule has 0 radical (unpaired) electrons. The molecule has 7 nitrogen and oxygen atoms in total. The second-order valence-electron chi connectivity index (χ2n) is 8.91. The van der Waals surface area contributed by atoms with Crippen LogP contribution in [0, 0.1) is 6.92 Å². The third kappa shape index (κ3) is 6.15. The monoisotopic (exact) mass is 489 g/mol. The summed E-state index contributed by atoms with van der Waals surface area (Å²) < 4.78 is 7.63. The number of amides is 1. The summed E-state index contributed by atoms with van der Waals surface area (Å²) in [6.45, 7) is 5.31. The van der Waals surface area contributed by atoms with E-state index < -0.39 is 0 Å². The zero-order valence-electron chi connectivity index (χ0n) is 20.8. The highest BCUT2D eigenvalue weighted by atomic mass is 32.1. The molecule has 8 heteroatoms. The molecule has 2 aromatic carbocycles. The van der Waals surface area contributed by atoms with Crippen molar-refractivity contribution in [1.29, 1.82) is 0 Å². The standard InChI is InChI=1S/C27H31N5O2S/c1-18-6-7-24(34-10-9-31(3)4)15-25(18)26(33)30-19(2)20-12-21(23-16-29-32(5)17-23)14-22(13-20)27-28-8-11-35-27/h6-8,11-17,19H,9-10H2,1-5H3,(H,30,33)/t19-/m1/s1. The fourth-order valence-electron chi connectivity index (χ4n) is 3.77. The highest BCUT2D eigenvalue weighted by Gasteiger charge is 2.17. The van der Waals surface area contributed by atoms with Crippen LogP contribution >= 0.6 is 11.3 Å². The highest BCUT2D eigenvalue weighted by molar-refractivity contribution is 7.13. The van der Waals surface area contributed by atoms with Crippen LogP contribution in [-0.2, 0) is 7.05 Å². The maximum absolute atomic E-state index is 13.3. The minimum absolute atomic E-state index is 0.129. The van der Waals surface area contributed by atoms with Crippen LogP contribution in [-0.4, -0.2) is 52.8 Å². The molecule has 0 saturated heterocycles. The lowest BCUT2D eigenvalue weighted by Gasteiger charge is -2.18. The van der Waals surface area contributed by atoms with E-state index in [1.54, 1.807) is 22.2 Å². The van der Waals surface area contributed by atoms with E-state index in [2.05, 4.69) is 38.5 Å². The first-order valence-electron chi connectivity index (χ1n) is 11.5. The van der Waals surface area contributed by atoms with Crippen LogP contribution in [0.25, 0.3) is 21.7 Å². The van der Waals surface area contributed by atoms with Gasteiger partial charge in [-0.1, -0.05) is 6.07 Å². The molecule has 4 rings (SSSR count). The summed E-state index contributed by atoms with van der Waals surface area (Å²) >= 11 is 1.59. The van der Waals surface area contributed by atoms with Crippen LogP contribution in [0.2, 0.25) is 0 Å². The van der Waals surface area contributed by atoms with Crippen molar-refractivity contribution in [2.24, 2.45) is 7.05 Å². The summed E-state index contributed by atoms with van der Waals surface area (Å²) in [6, 6.07) is 11.8. The quantitative estimate of drug-likeness (QED) is 0.360. The minimum atomic E-state index is -0.212. The largest absolute Gasteiger partial charge is 0.492 e. The molecular weight excluding hydrogens is 458 g/mol. The summed E-state index contributed by atoms with van der Waals surface area (Å²) in [7, 11) is 5.91. The minimum Gasteiger partial charge on any atom is -0.492 e. The maximum Gasteiger partial charge on any atom is 0.252 e. The molecule has 0 bridgehead atoms. The molecule has 2 aromatic heterocycles. The van der Waals surface area contributed by atoms with Crippen LogP contribution in [0.1, 0.15) is 34.5 Å². The van der Waals surface area contributed by atoms with E-state index in [0.29, 0.717) is 17.9 Å². The molecule has 35 heavy (non-hydrogen) atoms. The number of nitrogens with zero attached hydrogens (tertiary/aromatic N) is 4. The van der Waals surface area contributed by atoms with Crippen molar-refractivity contribution in [3.63, 3.8) is 0 Å². The average Bonchev–Trinajstić information content (AvgIpc) is 3.52. The van der Waals surface area contributed by atoms with Gasteiger partial charge < -0.3 is 15.0 Å². The Morgan fingerprint density at radius 1 is 1.17 bits per heavy atom. The van der Waals surface area contributed by atoms with E-state index in [9.17, 15) is 4.79 Å². The zero-order valence-corrected chi connectivity index (χ0v) is 21.6. The van der Waals surface area contributed by atoms with E-state index in [1.165, 1.54) is 0 Å². The number of thiazole rings is 1. The van der Waals surface area contributed by atoms with Crippen LogP contribution < -0.4 is 10.1 Å². The van der Waals surface area contributed by atoms with Gasteiger partial charge in [-0.25, -0.2) is 4.98 Å². The molecule has 1 amide bonds. The molecule has 182 valence electrons. The van der Waals surface area contributed by atoms with Gasteiger partial charge in [-0.15, -0.1) is 11.3 Å². The summed E-state index contributed by atoms with van der Waals surface area (Å²) in [5, 5.41) is 10.4. The number of rotatable bonds is 9. The molecule has 0 aliphatic heterocycles. The Hall–Kier alpha value is -3.49. The van der Waals surface area contributed by atoms with Crippen molar-refractivity contribution in [1.82, 2.24) is 25.0 Å². The average molecular weight is 490 g/mol. The third-order valence-electron chi connectivity index (χ3n) is 5.78. The Balaban J connectivity index is 1.58. The predicted molar refractivity (Wildman–Crippen MR) is 141 cm³/mol. The number of aromatic nitrogens is 3. The molecule has 4 aromatic rings. The second-order valence-corrected chi connectivity index (χ2v) is 9.80. The first-order valence-corrected chi connectivity index (χ1v) is 12.4. The van der Waals surface area contributed by atoms with Crippen molar-refractivity contribution in [2.45, 2.75) is 19.9 Å². The van der Waals surface area contributed by atoms with Crippen LogP contribution in [0.15, 0.2) is 60.4 Å². The highest BCUT2D eigenvalue weighted by Crippen LogP contribution is 2.31. The Morgan fingerprint density at radius 3 is 2.66 bits per heavy atom. The summed E-state index contributed by atoms with van der Waals surface area (Å²) in [5.41, 5.74) is 5.59. The van der Waals surface area contributed by atoms with Crippen molar-refractivity contribution < 1.29 is 9.53 Å².